The van der Waals surface area contributed by atoms with Gasteiger partial charge in [-0.2, -0.15) is 10.1 Å². The zero-order valence-corrected chi connectivity index (χ0v) is 16.9. The number of hydrogen-bond acceptors (Lipinski definition) is 5. The fraction of sp³-hybridized carbons (Fsp3) is 0.227. The molecule has 1 aliphatic rings. The van der Waals surface area contributed by atoms with Gasteiger partial charge in [-0.05, 0) is 50.1 Å². The highest BCUT2D eigenvalue weighted by atomic mass is 16.5. The molecular formula is C22H23N5O2. The summed E-state index contributed by atoms with van der Waals surface area (Å²) >= 11 is 0. The molecule has 0 fully saturated rings. The number of carbonyl (C=O) groups is 1. The maximum Gasteiger partial charge on any atom is 0.255 e. The molecule has 1 amide bonds. The molecule has 2 heterocycles. The summed E-state index contributed by atoms with van der Waals surface area (Å²) < 4.78 is 7.00. The lowest BCUT2D eigenvalue weighted by Crippen LogP contribution is -2.31. The Morgan fingerprint density at radius 3 is 2.59 bits per heavy atom. The number of anilines is 2. The van der Waals surface area contributed by atoms with Gasteiger partial charge in [0.1, 0.15) is 18.1 Å². The van der Waals surface area contributed by atoms with Crippen molar-refractivity contribution < 1.29 is 9.53 Å². The van der Waals surface area contributed by atoms with Gasteiger partial charge in [-0.3, -0.25) is 4.79 Å². The van der Waals surface area contributed by atoms with Crippen LogP contribution in [0.25, 0.3) is 0 Å². The number of hydrogen-bond donors (Lipinski definition) is 2. The maximum absolute atomic E-state index is 13.4. The van der Waals surface area contributed by atoms with Gasteiger partial charge in [0.2, 0.25) is 5.95 Å². The van der Waals surface area contributed by atoms with Gasteiger partial charge in [-0.1, -0.05) is 29.8 Å². The Bertz CT molecular complexity index is 1100. The molecule has 0 saturated heterocycles. The molecule has 2 aromatic carbocycles. The SMILES string of the molecule is COc1ccc([C@H]2C(C(=O)Nc3ccc(C)cc3C)=C(C)Nc3ncnn32)cc1. The van der Waals surface area contributed by atoms with E-state index in [4.69, 9.17) is 4.74 Å². The molecule has 1 aliphatic heterocycles. The van der Waals surface area contributed by atoms with Crippen LogP contribution in [0.5, 0.6) is 5.75 Å². The highest BCUT2D eigenvalue weighted by Crippen LogP contribution is 2.35. The number of aromatic nitrogens is 3. The number of benzene rings is 2. The summed E-state index contributed by atoms with van der Waals surface area (Å²) in [5, 5.41) is 10.6. The Balaban J connectivity index is 1.75. The molecule has 148 valence electrons. The Morgan fingerprint density at radius 1 is 1.14 bits per heavy atom. The van der Waals surface area contributed by atoms with E-state index >= 15 is 0 Å². The number of allylic oxidation sites excluding steroid dienone is 1. The zero-order valence-electron chi connectivity index (χ0n) is 16.9. The largest absolute Gasteiger partial charge is 0.497 e. The lowest BCUT2D eigenvalue weighted by molar-refractivity contribution is -0.113. The van der Waals surface area contributed by atoms with Crippen LogP contribution in [0.2, 0.25) is 0 Å². The van der Waals surface area contributed by atoms with Gasteiger partial charge in [-0.15, -0.1) is 0 Å². The Kier molecular flexibility index (Phi) is 4.80. The summed E-state index contributed by atoms with van der Waals surface area (Å²) in [6.45, 7) is 5.90. The number of methoxy groups -OCH3 is 1. The molecule has 1 aromatic heterocycles. The van der Waals surface area contributed by atoms with Crippen molar-refractivity contribution in [1.82, 2.24) is 14.8 Å². The summed E-state index contributed by atoms with van der Waals surface area (Å²) in [7, 11) is 1.63. The van der Waals surface area contributed by atoms with Crippen LogP contribution in [0.1, 0.15) is 29.7 Å². The van der Waals surface area contributed by atoms with E-state index in [2.05, 4.69) is 20.7 Å². The topological polar surface area (TPSA) is 81.1 Å². The van der Waals surface area contributed by atoms with Crippen LogP contribution in [-0.2, 0) is 4.79 Å². The molecule has 0 saturated carbocycles. The maximum atomic E-state index is 13.4. The van der Waals surface area contributed by atoms with Gasteiger partial charge in [-0.25, -0.2) is 4.68 Å². The number of fused-ring (bicyclic) bond motifs is 1. The number of ether oxygens (including phenoxy) is 1. The highest BCUT2D eigenvalue weighted by molar-refractivity contribution is 6.06. The highest BCUT2D eigenvalue weighted by Gasteiger charge is 2.33. The van der Waals surface area contributed by atoms with Crippen molar-refractivity contribution in [1.29, 1.82) is 0 Å². The van der Waals surface area contributed by atoms with Gasteiger partial charge in [0.15, 0.2) is 0 Å². The summed E-state index contributed by atoms with van der Waals surface area (Å²) in [5.41, 5.74) is 5.21. The number of nitrogens with zero attached hydrogens (tertiary/aromatic N) is 3. The Labute approximate surface area is 169 Å². The van der Waals surface area contributed by atoms with E-state index in [9.17, 15) is 4.79 Å². The third-order valence-corrected chi connectivity index (χ3v) is 5.10. The number of aryl methyl sites for hydroxylation is 2. The van der Waals surface area contributed by atoms with Gasteiger partial charge >= 0.3 is 0 Å². The van der Waals surface area contributed by atoms with Crippen LogP contribution in [0.4, 0.5) is 11.6 Å². The van der Waals surface area contributed by atoms with Crippen molar-refractivity contribution in [2.75, 3.05) is 17.7 Å². The van der Waals surface area contributed by atoms with Gasteiger partial charge in [0.05, 0.1) is 12.7 Å². The van der Waals surface area contributed by atoms with Crippen molar-refractivity contribution in [3.05, 3.63) is 76.8 Å². The predicted octanol–water partition coefficient (Wildman–Crippen LogP) is 3.83. The van der Waals surface area contributed by atoms with Crippen LogP contribution < -0.4 is 15.4 Å². The molecule has 4 rings (SSSR count). The molecule has 0 unspecified atom stereocenters. The molecule has 0 aliphatic carbocycles. The van der Waals surface area contributed by atoms with Gasteiger partial charge in [0, 0.05) is 11.4 Å². The lowest BCUT2D eigenvalue weighted by Gasteiger charge is -2.29. The molecule has 2 N–H and O–H groups in total. The second-order valence-corrected chi connectivity index (χ2v) is 7.14. The van der Waals surface area contributed by atoms with E-state index < -0.39 is 6.04 Å². The first-order valence-electron chi connectivity index (χ1n) is 9.38. The second-order valence-electron chi connectivity index (χ2n) is 7.14. The van der Waals surface area contributed by atoms with Gasteiger partial charge < -0.3 is 15.4 Å². The molecule has 3 aromatic rings. The number of rotatable bonds is 4. The number of nitrogens with one attached hydrogen (secondary N) is 2. The van der Waals surface area contributed by atoms with Crippen LogP contribution in [0, 0.1) is 13.8 Å². The third-order valence-electron chi connectivity index (χ3n) is 5.10. The summed E-state index contributed by atoms with van der Waals surface area (Å²) in [6.07, 6.45) is 1.48. The quantitative estimate of drug-likeness (QED) is 0.709. The van der Waals surface area contributed by atoms with E-state index in [0.717, 1.165) is 33.8 Å². The lowest BCUT2D eigenvalue weighted by atomic mass is 9.94. The van der Waals surface area contributed by atoms with Crippen LogP contribution in [-0.4, -0.2) is 27.8 Å². The average molecular weight is 389 g/mol. The summed E-state index contributed by atoms with van der Waals surface area (Å²) in [6, 6.07) is 13.2. The van der Waals surface area contributed by atoms with Crippen molar-refractivity contribution in [3.63, 3.8) is 0 Å². The average Bonchev–Trinajstić information content (AvgIpc) is 3.17. The molecule has 7 heteroatoms. The Morgan fingerprint density at radius 2 is 1.90 bits per heavy atom. The molecular weight excluding hydrogens is 366 g/mol. The fourth-order valence-electron chi connectivity index (χ4n) is 3.62. The summed E-state index contributed by atoms with van der Waals surface area (Å²) in [4.78, 5) is 17.6. The smallest absolute Gasteiger partial charge is 0.255 e. The molecule has 0 spiro atoms. The predicted molar refractivity (Wildman–Crippen MR) is 112 cm³/mol. The number of carbonyl (C=O) groups excluding carboxylic acids is 1. The molecule has 1 atom stereocenters. The van der Waals surface area contributed by atoms with Crippen LogP contribution in [0.15, 0.2) is 60.1 Å². The van der Waals surface area contributed by atoms with Gasteiger partial charge in [0.25, 0.3) is 5.91 Å². The van der Waals surface area contributed by atoms with Crippen LogP contribution in [0.3, 0.4) is 0 Å². The standard InChI is InChI=1S/C22H23N5O2/c1-13-5-10-18(14(2)11-13)26-21(28)19-15(3)25-22-23-12-24-27(22)20(19)16-6-8-17(29-4)9-7-16/h5-12,20H,1-4H3,(H,26,28)(H,23,24,25)/t20-/m0/s1. The van der Waals surface area contributed by atoms with Crippen molar-refractivity contribution >= 4 is 17.5 Å². The van der Waals surface area contributed by atoms with E-state index in [1.165, 1.54) is 6.33 Å². The van der Waals surface area contributed by atoms with E-state index in [0.29, 0.717) is 11.5 Å². The van der Waals surface area contributed by atoms with E-state index in [1.807, 2.05) is 63.2 Å². The normalized spacial score (nSPS) is 15.5. The number of amides is 1. The molecule has 29 heavy (non-hydrogen) atoms. The van der Waals surface area contributed by atoms with E-state index in [-0.39, 0.29) is 5.91 Å². The van der Waals surface area contributed by atoms with Crippen molar-refractivity contribution in [2.45, 2.75) is 26.8 Å². The Hall–Kier alpha value is -3.61. The minimum atomic E-state index is -0.398. The van der Waals surface area contributed by atoms with Crippen molar-refractivity contribution in [2.24, 2.45) is 0 Å². The third kappa shape index (κ3) is 3.47. The molecule has 0 bridgehead atoms. The molecule has 7 nitrogen and oxygen atoms in total. The van der Waals surface area contributed by atoms with E-state index in [1.54, 1.807) is 11.8 Å². The fourth-order valence-corrected chi connectivity index (χ4v) is 3.62. The minimum absolute atomic E-state index is 0.177. The first-order valence-corrected chi connectivity index (χ1v) is 9.38. The first kappa shape index (κ1) is 18.7. The zero-order chi connectivity index (χ0) is 20.5. The second kappa shape index (κ2) is 7.43. The molecule has 0 radical (unpaired) electrons. The van der Waals surface area contributed by atoms with Crippen molar-refractivity contribution in [3.8, 4) is 5.75 Å². The summed E-state index contributed by atoms with van der Waals surface area (Å²) in [5.74, 6) is 1.18. The monoisotopic (exact) mass is 389 g/mol. The first-order chi connectivity index (χ1) is 14.0. The van der Waals surface area contributed by atoms with Crippen LogP contribution >= 0.6 is 0 Å². The minimum Gasteiger partial charge on any atom is -0.497 e.